The zero-order chi connectivity index (χ0) is 12.4. The predicted octanol–water partition coefficient (Wildman–Crippen LogP) is 1.25. The summed E-state index contributed by atoms with van der Waals surface area (Å²) in [6.45, 7) is 6.84. The van der Waals surface area contributed by atoms with Gasteiger partial charge in [-0.1, -0.05) is 20.8 Å². The summed E-state index contributed by atoms with van der Waals surface area (Å²) in [7, 11) is 0. The highest BCUT2D eigenvalue weighted by Crippen LogP contribution is 2.69. The van der Waals surface area contributed by atoms with Crippen molar-refractivity contribution in [3.63, 3.8) is 0 Å². The number of aromatic nitrogens is 3. The van der Waals surface area contributed by atoms with E-state index in [1.165, 1.54) is 11.1 Å². The first kappa shape index (κ1) is 10.9. The van der Waals surface area contributed by atoms with Crippen LogP contribution >= 0.6 is 0 Å². The Bertz CT molecular complexity index is 565. The normalized spacial score (nSPS) is 38.8. The molecule has 2 aliphatic carbocycles. The molecule has 0 unspecified atom stereocenters. The van der Waals surface area contributed by atoms with E-state index in [0.717, 1.165) is 12.8 Å². The predicted molar refractivity (Wildman–Crippen MR) is 63.9 cm³/mol. The van der Waals surface area contributed by atoms with Crippen molar-refractivity contribution in [1.29, 1.82) is 0 Å². The third-order valence-corrected chi connectivity index (χ3v) is 5.72. The minimum Gasteiger partial charge on any atom is -0.257 e. The summed E-state index contributed by atoms with van der Waals surface area (Å²) in [5, 5.41) is 2.63. The summed E-state index contributed by atoms with van der Waals surface area (Å²) in [5.41, 5.74) is -0.360. The van der Waals surface area contributed by atoms with Gasteiger partial charge in [-0.05, 0) is 36.0 Å². The second kappa shape index (κ2) is 2.94. The van der Waals surface area contributed by atoms with E-state index < -0.39 is 5.69 Å². The number of aromatic amines is 2. The van der Waals surface area contributed by atoms with Crippen molar-refractivity contribution in [3.8, 4) is 0 Å². The zero-order valence-corrected chi connectivity index (χ0v) is 10.5. The van der Waals surface area contributed by atoms with Crippen LogP contribution in [0.2, 0.25) is 0 Å². The standard InChI is InChI=1S/C12H19N3O2/c1-11(2)7-4-5-12(11,3)8(6-7)15-10(17)13-9(16)14-15/h7-8H,4-6H2,1-3H3,(H2,13,14,16,17)/t7-,8+,12-/m0/s1. The maximum Gasteiger partial charge on any atom is 0.344 e. The number of fused-ring (bicyclic) bond motifs is 2. The molecule has 3 atom stereocenters. The Morgan fingerprint density at radius 2 is 2.00 bits per heavy atom. The molecule has 0 spiro atoms. The quantitative estimate of drug-likeness (QED) is 0.771. The minimum absolute atomic E-state index is 0.104. The highest BCUT2D eigenvalue weighted by Gasteiger charge is 2.62. The molecule has 5 heteroatoms. The van der Waals surface area contributed by atoms with E-state index in [4.69, 9.17) is 0 Å². The molecule has 2 fully saturated rings. The van der Waals surface area contributed by atoms with Crippen LogP contribution < -0.4 is 11.4 Å². The zero-order valence-electron chi connectivity index (χ0n) is 10.5. The lowest BCUT2D eigenvalue weighted by atomic mass is 9.69. The molecule has 2 aliphatic rings. The number of hydrogen-bond donors (Lipinski definition) is 2. The fourth-order valence-corrected chi connectivity index (χ4v) is 4.12. The molecule has 0 saturated heterocycles. The molecular weight excluding hydrogens is 218 g/mol. The molecule has 3 rings (SSSR count). The minimum atomic E-state index is -0.404. The number of nitrogens with one attached hydrogen (secondary N) is 2. The Kier molecular flexibility index (Phi) is 1.88. The Morgan fingerprint density at radius 1 is 1.29 bits per heavy atom. The summed E-state index contributed by atoms with van der Waals surface area (Å²) < 4.78 is 1.52. The van der Waals surface area contributed by atoms with Gasteiger partial charge in [-0.3, -0.25) is 4.98 Å². The van der Waals surface area contributed by atoms with Gasteiger partial charge in [0.05, 0.1) is 6.04 Å². The van der Waals surface area contributed by atoms with Crippen molar-refractivity contribution >= 4 is 0 Å². The lowest BCUT2D eigenvalue weighted by Crippen LogP contribution is -2.37. The van der Waals surface area contributed by atoms with E-state index >= 15 is 0 Å². The maximum atomic E-state index is 11.7. The summed E-state index contributed by atoms with van der Waals surface area (Å²) in [4.78, 5) is 25.2. The molecule has 0 radical (unpaired) electrons. The fourth-order valence-electron chi connectivity index (χ4n) is 4.12. The Morgan fingerprint density at radius 3 is 2.41 bits per heavy atom. The van der Waals surface area contributed by atoms with Crippen molar-refractivity contribution < 1.29 is 0 Å². The first-order chi connectivity index (χ1) is 7.86. The molecule has 1 aromatic heterocycles. The van der Waals surface area contributed by atoms with E-state index in [9.17, 15) is 9.59 Å². The average Bonchev–Trinajstić information content (AvgIpc) is 2.73. The number of H-pyrrole nitrogens is 2. The topological polar surface area (TPSA) is 70.7 Å². The summed E-state index contributed by atoms with van der Waals surface area (Å²) in [6.07, 6.45) is 3.37. The van der Waals surface area contributed by atoms with Crippen LogP contribution in [0.4, 0.5) is 0 Å². The molecule has 17 heavy (non-hydrogen) atoms. The van der Waals surface area contributed by atoms with Gasteiger partial charge in [-0.2, -0.15) is 0 Å². The largest absolute Gasteiger partial charge is 0.344 e. The molecule has 2 N–H and O–H groups in total. The molecule has 1 aromatic rings. The Balaban J connectivity index is 2.11. The molecule has 2 saturated carbocycles. The van der Waals surface area contributed by atoms with Crippen molar-refractivity contribution in [2.75, 3.05) is 0 Å². The van der Waals surface area contributed by atoms with Crippen LogP contribution in [0.3, 0.4) is 0 Å². The van der Waals surface area contributed by atoms with Crippen LogP contribution in [-0.4, -0.2) is 14.8 Å². The SMILES string of the molecule is CC1(C)[C@H]2CC[C@@]1(C)[C@H](n1[nH]c(=O)[nH]c1=O)C2. The molecule has 0 aromatic carbocycles. The monoisotopic (exact) mass is 237 g/mol. The van der Waals surface area contributed by atoms with Gasteiger partial charge in [0.15, 0.2) is 0 Å². The highest BCUT2D eigenvalue weighted by molar-refractivity contribution is 5.11. The van der Waals surface area contributed by atoms with Gasteiger partial charge in [0.25, 0.3) is 0 Å². The van der Waals surface area contributed by atoms with Crippen molar-refractivity contribution in [1.82, 2.24) is 14.8 Å². The van der Waals surface area contributed by atoms with Crippen LogP contribution in [0.1, 0.15) is 46.1 Å². The third-order valence-electron chi connectivity index (χ3n) is 5.72. The summed E-state index contributed by atoms with van der Waals surface area (Å²) in [5.74, 6) is 0.655. The van der Waals surface area contributed by atoms with E-state index in [1.54, 1.807) is 0 Å². The number of rotatable bonds is 1. The summed E-state index contributed by atoms with van der Waals surface area (Å²) in [6, 6.07) is 0.127. The van der Waals surface area contributed by atoms with Crippen molar-refractivity contribution in [3.05, 3.63) is 21.0 Å². The fraction of sp³-hybridized carbons (Fsp3) is 0.833. The van der Waals surface area contributed by atoms with Crippen molar-refractivity contribution in [2.45, 2.75) is 46.1 Å². The van der Waals surface area contributed by atoms with Gasteiger partial charge in [0, 0.05) is 0 Å². The van der Waals surface area contributed by atoms with E-state index in [1.807, 2.05) is 0 Å². The maximum absolute atomic E-state index is 11.7. The van der Waals surface area contributed by atoms with E-state index in [2.05, 4.69) is 30.9 Å². The highest BCUT2D eigenvalue weighted by atomic mass is 16.2. The molecule has 5 nitrogen and oxygen atoms in total. The second-order valence-electron chi connectivity index (χ2n) is 6.37. The second-order valence-corrected chi connectivity index (χ2v) is 6.37. The summed E-state index contributed by atoms with van der Waals surface area (Å²) >= 11 is 0. The molecular formula is C12H19N3O2. The van der Waals surface area contributed by atoms with Gasteiger partial charge >= 0.3 is 11.4 Å². The smallest absolute Gasteiger partial charge is 0.257 e. The van der Waals surface area contributed by atoms with Gasteiger partial charge in [-0.15, -0.1) is 0 Å². The lowest BCUT2D eigenvalue weighted by Gasteiger charge is -2.38. The third kappa shape index (κ3) is 1.14. The molecule has 1 heterocycles. The number of nitrogens with zero attached hydrogens (tertiary/aromatic N) is 1. The first-order valence-electron chi connectivity index (χ1n) is 6.27. The van der Waals surface area contributed by atoms with Crippen molar-refractivity contribution in [2.24, 2.45) is 16.7 Å². The van der Waals surface area contributed by atoms with E-state index in [0.29, 0.717) is 5.92 Å². The van der Waals surface area contributed by atoms with Gasteiger partial charge in [0.1, 0.15) is 0 Å². The van der Waals surface area contributed by atoms with Gasteiger partial charge in [0.2, 0.25) is 0 Å². The average molecular weight is 237 g/mol. The molecule has 0 amide bonds. The van der Waals surface area contributed by atoms with Gasteiger partial charge in [-0.25, -0.2) is 19.4 Å². The Labute approximate surface area is 99.2 Å². The molecule has 94 valence electrons. The van der Waals surface area contributed by atoms with Crippen LogP contribution in [-0.2, 0) is 0 Å². The van der Waals surface area contributed by atoms with Crippen LogP contribution in [0.15, 0.2) is 9.59 Å². The molecule has 2 bridgehead atoms. The first-order valence-corrected chi connectivity index (χ1v) is 6.27. The lowest BCUT2D eigenvalue weighted by molar-refractivity contribution is 0.0988. The van der Waals surface area contributed by atoms with Crippen LogP contribution in [0.5, 0.6) is 0 Å². The number of hydrogen-bond acceptors (Lipinski definition) is 2. The van der Waals surface area contributed by atoms with Crippen LogP contribution in [0.25, 0.3) is 0 Å². The Hall–Kier alpha value is -1.26. The van der Waals surface area contributed by atoms with Gasteiger partial charge < -0.3 is 0 Å². The van der Waals surface area contributed by atoms with Crippen LogP contribution in [0, 0.1) is 16.7 Å². The molecule has 0 aliphatic heterocycles. The van der Waals surface area contributed by atoms with E-state index in [-0.39, 0.29) is 22.6 Å².